The predicted octanol–water partition coefficient (Wildman–Crippen LogP) is 2.69. The van der Waals surface area contributed by atoms with Crippen molar-refractivity contribution in [2.24, 2.45) is 5.92 Å². The van der Waals surface area contributed by atoms with E-state index in [9.17, 15) is 0 Å². The van der Waals surface area contributed by atoms with Gasteiger partial charge in [0, 0.05) is 6.54 Å². The molecule has 0 aromatic heterocycles. The Labute approximate surface area is 84.6 Å². The highest BCUT2D eigenvalue weighted by Crippen LogP contribution is 2.29. The summed E-state index contributed by atoms with van der Waals surface area (Å²) in [5.74, 6) is 0.836. The Morgan fingerprint density at radius 3 is 2.93 bits per heavy atom. The van der Waals surface area contributed by atoms with E-state index in [1.807, 2.05) is 25.1 Å². The van der Waals surface area contributed by atoms with Crippen LogP contribution in [-0.2, 0) is 0 Å². The molecule has 0 amide bonds. The van der Waals surface area contributed by atoms with E-state index in [-0.39, 0.29) is 0 Å². The zero-order valence-corrected chi connectivity index (χ0v) is 8.38. The van der Waals surface area contributed by atoms with E-state index in [2.05, 4.69) is 11.4 Å². The van der Waals surface area contributed by atoms with Crippen LogP contribution in [0.3, 0.4) is 0 Å². The molecule has 14 heavy (non-hydrogen) atoms. The molecule has 72 valence electrons. The number of anilines is 1. The Morgan fingerprint density at radius 1 is 1.50 bits per heavy atom. The zero-order valence-electron chi connectivity index (χ0n) is 8.38. The van der Waals surface area contributed by atoms with E-state index >= 15 is 0 Å². The topological polar surface area (TPSA) is 35.8 Å². The lowest BCUT2D eigenvalue weighted by Gasteiger charge is -2.07. The van der Waals surface area contributed by atoms with Crippen molar-refractivity contribution in [2.45, 2.75) is 19.8 Å². The lowest BCUT2D eigenvalue weighted by atomic mass is 10.1. The van der Waals surface area contributed by atoms with Gasteiger partial charge in [-0.05, 0) is 43.4 Å². The van der Waals surface area contributed by atoms with Crippen molar-refractivity contribution in [1.82, 2.24) is 0 Å². The van der Waals surface area contributed by atoms with E-state index < -0.39 is 0 Å². The molecule has 0 bridgehead atoms. The summed E-state index contributed by atoms with van der Waals surface area (Å²) in [5, 5.41) is 12.3. The Morgan fingerprint density at radius 2 is 2.29 bits per heavy atom. The van der Waals surface area contributed by atoms with Crippen molar-refractivity contribution in [3.05, 3.63) is 29.3 Å². The molecule has 0 atom stereocenters. The van der Waals surface area contributed by atoms with E-state index in [4.69, 9.17) is 5.26 Å². The highest BCUT2D eigenvalue weighted by atomic mass is 14.9. The fraction of sp³-hybridized carbons (Fsp3) is 0.417. The monoisotopic (exact) mass is 186 g/mol. The molecule has 2 heteroatoms. The fourth-order valence-corrected chi connectivity index (χ4v) is 1.48. The van der Waals surface area contributed by atoms with Gasteiger partial charge in [0.25, 0.3) is 0 Å². The SMILES string of the molecule is Cc1ccc(NCC2CC2)c(C#N)c1. The van der Waals surface area contributed by atoms with Crippen molar-refractivity contribution >= 4 is 5.69 Å². The van der Waals surface area contributed by atoms with Crippen molar-refractivity contribution in [3.8, 4) is 6.07 Å². The first-order chi connectivity index (χ1) is 6.79. The molecule has 0 heterocycles. The van der Waals surface area contributed by atoms with Crippen molar-refractivity contribution in [1.29, 1.82) is 5.26 Å². The number of nitriles is 1. The van der Waals surface area contributed by atoms with Gasteiger partial charge in [-0.15, -0.1) is 0 Å². The first-order valence-corrected chi connectivity index (χ1v) is 5.04. The average Bonchev–Trinajstić information content (AvgIpc) is 2.99. The van der Waals surface area contributed by atoms with Crippen LogP contribution in [0, 0.1) is 24.2 Å². The van der Waals surface area contributed by atoms with Crippen molar-refractivity contribution < 1.29 is 0 Å². The van der Waals surface area contributed by atoms with E-state index in [0.29, 0.717) is 0 Å². The number of hydrogen-bond donors (Lipinski definition) is 1. The molecule has 1 aliphatic rings. The number of aryl methyl sites for hydroxylation is 1. The molecule has 1 saturated carbocycles. The van der Waals surface area contributed by atoms with Gasteiger partial charge >= 0.3 is 0 Å². The first-order valence-electron chi connectivity index (χ1n) is 5.04. The molecule has 1 N–H and O–H groups in total. The Hall–Kier alpha value is -1.49. The second-order valence-electron chi connectivity index (χ2n) is 3.99. The quantitative estimate of drug-likeness (QED) is 0.787. The summed E-state index contributed by atoms with van der Waals surface area (Å²) in [5.41, 5.74) is 2.87. The summed E-state index contributed by atoms with van der Waals surface area (Å²) < 4.78 is 0. The lowest BCUT2D eigenvalue weighted by Crippen LogP contribution is -2.04. The third kappa shape index (κ3) is 2.05. The molecule has 1 aromatic rings. The maximum atomic E-state index is 8.93. The minimum absolute atomic E-state index is 0.755. The summed E-state index contributed by atoms with van der Waals surface area (Å²) >= 11 is 0. The molecule has 0 spiro atoms. The van der Waals surface area contributed by atoms with Gasteiger partial charge in [0.05, 0.1) is 11.3 Å². The molecule has 0 aliphatic heterocycles. The maximum absolute atomic E-state index is 8.93. The summed E-state index contributed by atoms with van der Waals surface area (Å²) in [6.07, 6.45) is 2.67. The smallest absolute Gasteiger partial charge is 0.101 e. The van der Waals surface area contributed by atoms with Gasteiger partial charge in [0.2, 0.25) is 0 Å². The second-order valence-corrected chi connectivity index (χ2v) is 3.99. The molecule has 1 aliphatic carbocycles. The molecule has 1 fully saturated rings. The fourth-order valence-electron chi connectivity index (χ4n) is 1.48. The van der Waals surface area contributed by atoms with Crippen molar-refractivity contribution in [3.63, 3.8) is 0 Å². The molecular formula is C12H14N2. The van der Waals surface area contributed by atoms with Crippen LogP contribution < -0.4 is 5.32 Å². The minimum atomic E-state index is 0.755. The van der Waals surface area contributed by atoms with Crippen LogP contribution in [0.25, 0.3) is 0 Å². The number of nitrogens with zero attached hydrogens (tertiary/aromatic N) is 1. The molecule has 2 nitrogen and oxygen atoms in total. The van der Waals surface area contributed by atoms with Crippen LogP contribution in [0.15, 0.2) is 18.2 Å². The average molecular weight is 186 g/mol. The van der Waals surface area contributed by atoms with E-state index in [1.54, 1.807) is 0 Å². The summed E-state index contributed by atoms with van der Waals surface area (Å²) in [4.78, 5) is 0. The Balaban J connectivity index is 2.10. The largest absolute Gasteiger partial charge is 0.384 e. The summed E-state index contributed by atoms with van der Waals surface area (Å²) in [6.45, 7) is 3.02. The number of nitrogens with one attached hydrogen (secondary N) is 1. The van der Waals surface area contributed by atoms with Crippen molar-refractivity contribution in [2.75, 3.05) is 11.9 Å². The second kappa shape index (κ2) is 3.71. The number of rotatable bonds is 3. The molecular weight excluding hydrogens is 172 g/mol. The van der Waals surface area contributed by atoms with Crippen LogP contribution in [0.2, 0.25) is 0 Å². The standard InChI is InChI=1S/C12H14N2/c1-9-2-5-12(11(6-9)7-13)14-8-10-3-4-10/h2,5-6,10,14H,3-4,8H2,1H3. The third-order valence-corrected chi connectivity index (χ3v) is 2.57. The Bertz CT molecular complexity index is 372. The number of benzene rings is 1. The van der Waals surface area contributed by atoms with Gasteiger partial charge in [-0.3, -0.25) is 0 Å². The summed E-state index contributed by atoms with van der Waals surface area (Å²) in [6, 6.07) is 8.18. The van der Waals surface area contributed by atoms with Gasteiger partial charge in [-0.25, -0.2) is 0 Å². The highest BCUT2D eigenvalue weighted by molar-refractivity contribution is 5.58. The lowest BCUT2D eigenvalue weighted by molar-refractivity contribution is 0.889. The molecule has 0 radical (unpaired) electrons. The highest BCUT2D eigenvalue weighted by Gasteiger charge is 2.20. The van der Waals surface area contributed by atoms with Crippen LogP contribution in [0.5, 0.6) is 0 Å². The van der Waals surface area contributed by atoms with Gasteiger partial charge < -0.3 is 5.32 Å². The Kier molecular flexibility index (Phi) is 2.41. The molecule has 2 rings (SSSR count). The van der Waals surface area contributed by atoms with Crippen LogP contribution in [0.1, 0.15) is 24.0 Å². The van der Waals surface area contributed by atoms with Gasteiger partial charge in [-0.2, -0.15) is 5.26 Å². The zero-order chi connectivity index (χ0) is 9.97. The van der Waals surface area contributed by atoms with Crippen LogP contribution in [0.4, 0.5) is 5.69 Å². The van der Waals surface area contributed by atoms with Crippen LogP contribution in [-0.4, -0.2) is 6.54 Å². The van der Waals surface area contributed by atoms with Gasteiger partial charge in [-0.1, -0.05) is 6.07 Å². The molecule has 1 aromatic carbocycles. The molecule has 0 unspecified atom stereocenters. The van der Waals surface area contributed by atoms with Gasteiger partial charge in [0.1, 0.15) is 6.07 Å². The van der Waals surface area contributed by atoms with Gasteiger partial charge in [0.15, 0.2) is 0 Å². The predicted molar refractivity (Wildman–Crippen MR) is 57.1 cm³/mol. The summed E-state index contributed by atoms with van der Waals surface area (Å²) in [7, 11) is 0. The number of hydrogen-bond acceptors (Lipinski definition) is 2. The van der Waals surface area contributed by atoms with E-state index in [0.717, 1.165) is 29.3 Å². The minimum Gasteiger partial charge on any atom is -0.384 e. The normalized spacial score (nSPS) is 14.9. The first kappa shape index (κ1) is 9.08. The molecule has 0 saturated heterocycles. The third-order valence-electron chi connectivity index (χ3n) is 2.57. The van der Waals surface area contributed by atoms with Crippen LogP contribution >= 0.6 is 0 Å². The maximum Gasteiger partial charge on any atom is 0.101 e. The van der Waals surface area contributed by atoms with E-state index in [1.165, 1.54) is 12.8 Å².